The number of urea groups is 1. The molecular formula is C27H26N4O5. The Morgan fingerprint density at radius 3 is 2.14 bits per heavy atom. The molecule has 3 heterocycles. The van der Waals surface area contributed by atoms with Gasteiger partial charge in [0.1, 0.15) is 5.76 Å². The smallest absolute Gasteiger partial charge is 0.321 e. The van der Waals surface area contributed by atoms with Crippen molar-refractivity contribution in [3.05, 3.63) is 83.3 Å². The molecule has 2 N–H and O–H groups in total. The Bertz CT molecular complexity index is 1290. The molecule has 2 aromatic carbocycles. The molecule has 9 heteroatoms. The van der Waals surface area contributed by atoms with Crippen LogP contribution in [0.5, 0.6) is 0 Å². The van der Waals surface area contributed by atoms with Crippen LogP contribution in [0.15, 0.2) is 65.3 Å². The van der Waals surface area contributed by atoms with Gasteiger partial charge in [-0.05, 0) is 67.4 Å². The highest BCUT2D eigenvalue weighted by Gasteiger charge is 2.36. The average molecular weight is 487 g/mol. The number of anilines is 2. The fourth-order valence-electron chi connectivity index (χ4n) is 4.45. The molecule has 0 spiro atoms. The van der Waals surface area contributed by atoms with Crippen molar-refractivity contribution < 1.29 is 23.6 Å². The van der Waals surface area contributed by atoms with Crippen LogP contribution >= 0.6 is 0 Å². The fourth-order valence-corrected chi connectivity index (χ4v) is 4.45. The quantitative estimate of drug-likeness (QED) is 0.506. The lowest BCUT2D eigenvalue weighted by molar-refractivity contribution is 0.0631. The molecule has 1 saturated heterocycles. The molecule has 36 heavy (non-hydrogen) atoms. The topological polar surface area (TPSA) is 112 Å². The molecule has 1 aromatic heterocycles. The predicted molar refractivity (Wildman–Crippen MR) is 133 cm³/mol. The first-order valence-corrected chi connectivity index (χ1v) is 12.0. The van der Waals surface area contributed by atoms with Gasteiger partial charge in [0.2, 0.25) is 0 Å². The van der Waals surface area contributed by atoms with Gasteiger partial charge in [-0.1, -0.05) is 12.8 Å². The number of fused-ring (bicyclic) bond motifs is 1. The number of carbonyl (C=O) groups excluding carboxylic acids is 4. The first-order valence-electron chi connectivity index (χ1n) is 12.0. The molecule has 0 bridgehead atoms. The zero-order valence-corrected chi connectivity index (χ0v) is 19.7. The number of furan rings is 1. The van der Waals surface area contributed by atoms with Crippen molar-refractivity contribution in [1.29, 1.82) is 0 Å². The zero-order valence-electron chi connectivity index (χ0n) is 19.7. The molecule has 2 aliphatic heterocycles. The van der Waals surface area contributed by atoms with E-state index in [1.807, 2.05) is 4.90 Å². The van der Waals surface area contributed by atoms with Crippen LogP contribution in [0.4, 0.5) is 16.2 Å². The molecule has 3 aromatic rings. The van der Waals surface area contributed by atoms with Crippen molar-refractivity contribution in [3.63, 3.8) is 0 Å². The van der Waals surface area contributed by atoms with E-state index < -0.39 is 17.7 Å². The van der Waals surface area contributed by atoms with Gasteiger partial charge in [0.15, 0.2) is 0 Å². The highest BCUT2D eigenvalue weighted by Crippen LogP contribution is 2.26. The van der Waals surface area contributed by atoms with E-state index in [-0.39, 0.29) is 29.3 Å². The molecular weight excluding hydrogens is 460 g/mol. The molecule has 0 unspecified atom stereocenters. The molecule has 0 atom stereocenters. The van der Waals surface area contributed by atoms with Crippen LogP contribution in [0.2, 0.25) is 0 Å². The first kappa shape index (κ1) is 23.3. The van der Waals surface area contributed by atoms with Gasteiger partial charge in [0.25, 0.3) is 17.7 Å². The van der Waals surface area contributed by atoms with Gasteiger partial charge in [0.05, 0.1) is 23.9 Å². The summed E-state index contributed by atoms with van der Waals surface area (Å²) in [5, 5.41) is 5.69. The second-order valence-electron chi connectivity index (χ2n) is 8.90. The van der Waals surface area contributed by atoms with Gasteiger partial charge in [-0.2, -0.15) is 0 Å². The second kappa shape index (κ2) is 10.1. The second-order valence-corrected chi connectivity index (χ2v) is 8.90. The van der Waals surface area contributed by atoms with Crippen molar-refractivity contribution in [2.45, 2.75) is 32.2 Å². The largest absolute Gasteiger partial charge is 0.467 e. The molecule has 1 fully saturated rings. The highest BCUT2D eigenvalue weighted by molar-refractivity contribution is 6.22. The Morgan fingerprint density at radius 2 is 1.47 bits per heavy atom. The van der Waals surface area contributed by atoms with Crippen LogP contribution in [0.25, 0.3) is 0 Å². The van der Waals surface area contributed by atoms with Crippen molar-refractivity contribution in [1.82, 2.24) is 9.80 Å². The third kappa shape index (κ3) is 4.86. The summed E-state index contributed by atoms with van der Waals surface area (Å²) in [5.74, 6) is -0.806. The summed E-state index contributed by atoms with van der Waals surface area (Å²) in [6.45, 7) is 1.55. The number of hydrogen-bond donors (Lipinski definition) is 2. The van der Waals surface area contributed by atoms with E-state index in [0.29, 0.717) is 17.1 Å². The predicted octanol–water partition coefficient (Wildman–Crippen LogP) is 4.74. The number of likely N-dealkylation sites (tertiary alicyclic amines) is 1. The lowest BCUT2D eigenvalue weighted by atomic mass is 10.1. The number of hydrogen-bond acceptors (Lipinski definition) is 5. The summed E-state index contributed by atoms with van der Waals surface area (Å²) in [6, 6.07) is 14.5. The maximum atomic E-state index is 12.8. The number of carbonyl (C=O) groups is 4. The van der Waals surface area contributed by atoms with E-state index in [4.69, 9.17) is 4.42 Å². The zero-order chi connectivity index (χ0) is 25.1. The molecule has 2 aliphatic rings. The summed E-state index contributed by atoms with van der Waals surface area (Å²) in [6.07, 6.45) is 5.81. The maximum Gasteiger partial charge on any atom is 0.321 e. The van der Waals surface area contributed by atoms with Crippen LogP contribution in [0, 0.1) is 0 Å². The molecule has 184 valence electrons. The standard InChI is InChI=1S/C27H26N4O5/c32-24(28-19-8-10-20(11-9-19)29-27(35)30-13-3-1-2-4-14-30)18-7-12-22-23(16-18)26(34)31(25(22)33)17-21-6-5-15-36-21/h5-12,15-16H,1-4,13-14,17H2,(H,28,32)(H,29,35). The van der Waals surface area contributed by atoms with Crippen molar-refractivity contribution in [2.24, 2.45) is 0 Å². The summed E-state index contributed by atoms with van der Waals surface area (Å²) in [7, 11) is 0. The van der Waals surface area contributed by atoms with Gasteiger partial charge >= 0.3 is 6.03 Å². The maximum absolute atomic E-state index is 12.8. The Morgan fingerprint density at radius 1 is 0.806 bits per heavy atom. The third-order valence-corrected chi connectivity index (χ3v) is 6.41. The molecule has 5 amide bonds. The van der Waals surface area contributed by atoms with Crippen molar-refractivity contribution in [2.75, 3.05) is 23.7 Å². The Labute approximate surface area is 208 Å². The van der Waals surface area contributed by atoms with Crippen LogP contribution in [0.1, 0.15) is 62.5 Å². The van der Waals surface area contributed by atoms with E-state index in [9.17, 15) is 19.2 Å². The minimum atomic E-state index is -0.467. The molecule has 0 radical (unpaired) electrons. The average Bonchev–Trinajstić information content (AvgIpc) is 3.36. The van der Waals surface area contributed by atoms with Crippen molar-refractivity contribution >= 4 is 35.1 Å². The molecule has 5 rings (SSSR count). The van der Waals surface area contributed by atoms with Gasteiger partial charge in [0, 0.05) is 30.0 Å². The van der Waals surface area contributed by atoms with E-state index in [1.54, 1.807) is 36.4 Å². The monoisotopic (exact) mass is 486 g/mol. The summed E-state index contributed by atoms with van der Waals surface area (Å²) in [4.78, 5) is 53.8. The summed E-state index contributed by atoms with van der Waals surface area (Å²) >= 11 is 0. The molecule has 0 aliphatic carbocycles. The van der Waals surface area contributed by atoms with Gasteiger partial charge in [-0.15, -0.1) is 0 Å². The third-order valence-electron chi connectivity index (χ3n) is 6.41. The van der Waals surface area contributed by atoms with E-state index in [1.165, 1.54) is 24.5 Å². The van der Waals surface area contributed by atoms with E-state index in [0.717, 1.165) is 43.7 Å². The summed E-state index contributed by atoms with van der Waals surface area (Å²) in [5.41, 5.74) is 1.88. The van der Waals surface area contributed by atoms with E-state index in [2.05, 4.69) is 10.6 Å². The number of nitrogens with zero attached hydrogens (tertiary/aromatic N) is 2. The van der Waals surface area contributed by atoms with Gasteiger partial charge in [-0.25, -0.2) is 4.79 Å². The van der Waals surface area contributed by atoms with Crippen LogP contribution in [-0.4, -0.2) is 46.6 Å². The molecule has 0 saturated carbocycles. The fraction of sp³-hybridized carbons (Fsp3) is 0.259. The van der Waals surface area contributed by atoms with Crippen LogP contribution in [0.3, 0.4) is 0 Å². The Kier molecular flexibility index (Phi) is 6.53. The number of amides is 5. The number of nitrogens with one attached hydrogen (secondary N) is 2. The van der Waals surface area contributed by atoms with Gasteiger partial charge < -0.3 is 20.0 Å². The van der Waals surface area contributed by atoms with Crippen LogP contribution < -0.4 is 10.6 Å². The lowest BCUT2D eigenvalue weighted by Crippen LogP contribution is -2.35. The minimum Gasteiger partial charge on any atom is -0.467 e. The van der Waals surface area contributed by atoms with E-state index >= 15 is 0 Å². The van der Waals surface area contributed by atoms with Crippen molar-refractivity contribution in [3.8, 4) is 0 Å². The SMILES string of the molecule is O=C(Nc1ccc(NC(=O)N2CCCCCC2)cc1)c1ccc2c(c1)C(=O)N(Cc1ccco1)C2=O. The normalized spacial score (nSPS) is 15.4. The Balaban J connectivity index is 1.22. The van der Waals surface area contributed by atoms with Gasteiger partial charge in [-0.3, -0.25) is 19.3 Å². The number of imide groups is 1. The number of rotatable bonds is 5. The minimum absolute atomic E-state index is 0.0293. The Hall–Kier alpha value is -4.40. The first-order chi connectivity index (χ1) is 17.5. The summed E-state index contributed by atoms with van der Waals surface area (Å²) < 4.78 is 5.25. The van der Waals surface area contributed by atoms with Crippen LogP contribution in [-0.2, 0) is 6.54 Å². The number of benzene rings is 2. The highest BCUT2D eigenvalue weighted by atomic mass is 16.3. The lowest BCUT2D eigenvalue weighted by Gasteiger charge is -2.20. The molecule has 9 nitrogen and oxygen atoms in total.